The maximum atomic E-state index is 11.8. The number of urea groups is 1. The molecule has 3 N–H and O–H groups in total. The van der Waals surface area contributed by atoms with E-state index in [0.29, 0.717) is 19.7 Å². The highest BCUT2D eigenvalue weighted by Crippen LogP contribution is 2.24. The predicted octanol–water partition coefficient (Wildman–Crippen LogP) is 2.43. The second-order valence-electron chi connectivity index (χ2n) is 5.74. The summed E-state index contributed by atoms with van der Waals surface area (Å²) in [5.74, 6) is 0.594. The normalized spacial score (nSPS) is 11.6. The molecule has 0 saturated carbocycles. The van der Waals surface area contributed by atoms with Gasteiger partial charge in [0.2, 0.25) is 5.91 Å². The van der Waals surface area contributed by atoms with Gasteiger partial charge in [-0.25, -0.2) is 4.79 Å². The van der Waals surface area contributed by atoms with Crippen molar-refractivity contribution in [1.82, 2.24) is 16.0 Å². The Morgan fingerprint density at radius 3 is 2.60 bits per heavy atom. The summed E-state index contributed by atoms with van der Waals surface area (Å²) in [4.78, 5) is 23.5. The molecule has 0 aliphatic rings. The fourth-order valence-electron chi connectivity index (χ4n) is 2.36. The van der Waals surface area contributed by atoms with Crippen molar-refractivity contribution in [3.63, 3.8) is 0 Å². The van der Waals surface area contributed by atoms with Gasteiger partial charge in [0.05, 0.1) is 6.54 Å². The van der Waals surface area contributed by atoms with E-state index < -0.39 is 6.04 Å². The van der Waals surface area contributed by atoms with E-state index in [1.54, 1.807) is 6.92 Å². The number of carbonyl (C=O) groups excluding carboxylic acids is 2. The zero-order valence-corrected chi connectivity index (χ0v) is 14.7. The Labute approximate surface area is 147 Å². The molecule has 6 nitrogen and oxygen atoms in total. The number of rotatable bonds is 8. The van der Waals surface area contributed by atoms with Crippen molar-refractivity contribution in [3.05, 3.63) is 42.5 Å². The molecule has 2 rings (SSSR count). The molecule has 2 aromatic rings. The van der Waals surface area contributed by atoms with Crippen molar-refractivity contribution in [2.45, 2.75) is 26.3 Å². The number of amides is 3. The first-order valence-corrected chi connectivity index (χ1v) is 8.54. The van der Waals surface area contributed by atoms with E-state index in [9.17, 15) is 9.59 Å². The van der Waals surface area contributed by atoms with Crippen LogP contribution in [0.3, 0.4) is 0 Å². The van der Waals surface area contributed by atoms with Crippen molar-refractivity contribution in [3.8, 4) is 5.75 Å². The van der Waals surface area contributed by atoms with Crippen LogP contribution >= 0.6 is 0 Å². The van der Waals surface area contributed by atoms with Crippen LogP contribution < -0.4 is 20.7 Å². The van der Waals surface area contributed by atoms with E-state index in [4.69, 9.17) is 4.74 Å². The molecule has 3 amide bonds. The highest BCUT2D eigenvalue weighted by Gasteiger charge is 2.14. The first kappa shape index (κ1) is 18.6. The number of hydrogen-bond donors (Lipinski definition) is 3. The molecule has 0 fully saturated rings. The maximum absolute atomic E-state index is 11.8. The quantitative estimate of drug-likeness (QED) is 0.644. The summed E-state index contributed by atoms with van der Waals surface area (Å²) in [6.07, 6.45) is 0.857. The number of ether oxygens (including phenoxy) is 1. The van der Waals surface area contributed by atoms with Gasteiger partial charge in [0.25, 0.3) is 0 Å². The van der Waals surface area contributed by atoms with Crippen molar-refractivity contribution in [2.24, 2.45) is 0 Å². The standard InChI is InChI=1S/C19H25N3O3/c1-3-11-20-18(23)14(2)22-19(24)21-12-13-25-17-10-6-8-15-7-4-5-9-16(15)17/h4-10,14H,3,11-13H2,1-2H3,(H,20,23)(H2,21,22,24)/t14-/m0/s1. The smallest absolute Gasteiger partial charge is 0.315 e. The number of hydrogen-bond acceptors (Lipinski definition) is 3. The van der Waals surface area contributed by atoms with Gasteiger partial charge in [0.15, 0.2) is 0 Å². The van der Waals surface area contributed by atoms with E-state index in [-0.39, 0.29) is 11.9 Å². The largest absolute Gasteiger partial charge is 0.491 e. The van der Waals surface area contributed by atoms with Gasteiger partial charge >= 0.3 is 6.03 Å². The topological polar surface area (TPSA) is 79.5 Å². The van der Waals surface area contributed by atoms with Crippen LogP contribution in [-0.2, 0) is 4.79 Å². The Morgan fingerprint density at radius 1 is 1.04 bits per heavy atom. The first-order chi connectivity index (χ1) is 12.1. The van der Waals surface area contributed by atoms with Gasteiger partial charge < -0.3 is 20.7 Å². The third-order valence-electron chi connectivity index (χ3n) is 3.68. The minimum absolute atomic E-state index is 0.191. The van der Waals surface area contributed by atoms with E-state index >= 15 is 0 Å². The summed E-state index contributed by atoms with van der Waals surface area (Å²) < 4.78 is 5.75. The first-order valence-electron chi connectivity index (χ1n) is 8.54. The molecule has 0 saturated heterocycles. The van der Waals surface area contributed by atoms with Gasteiger partial charge in [0.1, 0.15) is 18.4 Å². The maximum Gasteiger partial charge on any atom is 0.315 e. The third-order valence-corrected chi connectivity index (χ3v) is 3.68. The minimum atomic E-state index is -0.578. The molecule has 0 radical (unpaired) electrons. The summed E-state index contributed by atoms with van der Waals surface area (Å²) in [5.41, 5.74) is 0. The van der Waals surface area contributed by atoms with Crippen LogP contribution in [0, 0.1) is 0 Å². The molecule has 2 aromatic carbocycles. The van der Waals surface area contributed by atoms with E-state index in [2.05, 4.69) is 16.0 Å². The highest BCUT2D eigenvalue weighted by atomic mass is 16.5. The average molecular weight is 343 g/mol. The Balaban J connectivity index is 1.73. The monoisotopic (exact) mass is 343 g/mol. The fourth-order valence-corrected chi connectivity index (χ4v) is 2.36. The number of fused-ring (bicyclic) bond motifs is 1. The zero-order chi connectivity index (χ0) is 18.1. The predicted molar refractivity (Wildman–Crippen MR) is 98.7 cm³/mol. The summed E-state index contributed by atoms with van der Waals surface area (Å²) in [5, 5.41) is 10.2. The van der Waals surface area contributed by atoms with Crippen molar-refractivity contribution >= 4 is 22.7 Å². The molecule has 0 unspecified atom stereocenters. The van der Waals surface area contributed by atoms with Gasteiger partial charge in [-0.2, -0.15) is 0 Å². The second-order valence-corrected chi connectivity index (χ2v) is 5.74. The van der Waals surface area contributed by atoms with Gasteiger partial charge in [-0.15, -0.1) is 0 Å². The molecule has 0 bridgehead atoms. The van der Waals surface area contributed by atoms with Crippen LogP contribution in [0.25, 0.3) is 10.8 Å². The Morgan fingerprint density at radius 2 is 1.80 bits per heavy atom. The summed E-state index contributed by atoms with van der Waals surface area (Å²) in [7, 11) is 0. The van der Waals surface area contributed by atoms with E-state index in [1.165, 1.54) is 0 Å². The molecule has 1 atom stereocenters. The molecular formula is C19H25N3O3. The van der Waals surface area contributed by atoms with E-state index in [1.807, 2.05) is 49.4 Å². The van der Waals surface area contributed by atoms with Crippen LogP contribution in [-0.4, -0.2) is 37.7 Å². The van der Waals surface area contributed by atoms with Crippen molar-refractivity contribution in [1.29, 1.82) is 0 Å². The molecule has 6 heteroatoms. The number of nitrogens with one attached hydrogen (secondary N) is 3. The van der Waals surface area contributed by atoms with Crippen LogP contribution in [0.1, 0.15) is 20.3 Å². The molecule has 0 heterocycles. The lowest BCUT2D eigenvalue weighted by atomic mass is 10.1. The summed E-state index contributed by atoms with van der Waals surface area (Å²) >= 11 is 0. The SMILES string of the molecule is CCCNC(=O)[C@H](C)NC(=O)NCCOc1cccc2ccccc12. The third kappa shape index (κ3) is 5.67. The Kier molecular flexibility index (Phi) is 7.07. The molecular weight excluding hydrogens is 318 g/mol. The zero-order valence-electron chi connectivity index (χ0n) is 14.7. The minimum Gasteiger partial charge on any atom is -0.491 e. The summed E-state index contributed by atoms with van der Waals surface area (Å²) in [6, 6.07) is 12.9. The Bertz CT molecular complexity index is 713. The van der Waals surface area contributed by atoms with Crippen LogP contribution in [0.4, 0.5) is 4.79 Å². The van der Waals surface area contributed by atoms with Gasteiger partial charge in [-0.05, 0) is 24.8 Å². The lowest BCUT2D eigenvalue weighted by Gasteiger charge is -2.15. The molecule has 0 aliphatic heterocycles. The molecule has 0 spiro atoms. The van der Waals surface area contributed by atoms with Gasteiger partial charge in [-0.1, -0.05) is 43.3 Å². The van der Waals surface area contributed by atoms with Crippen LogP contribution in [0.5, 0.6) is 5.75 Å². The highest BCUT2D eigenvalue weighted by molar-refractivity contribution is 5.88. The van der Waals surface area contributed by atoms with Crippen molar-refractivity contribution < 1.29 is 14.3 Å². The number of benzene rings is 2. The van der Waals surface area contributed by atoms with Gasteiger partial charge in [0, 0.05) is 11.9 Å². The second kappa shape index (κ2) is 9.52. The lowest BCUT2D eigenvalue weighted by Crippen LogP contribution is -2.49. The Hall–Kier alpha value is -2.76. The lowest BCUT2D eigenvalue weighted by molar-refractivity contribution is -0.122. The van der Waals surface area contributed by atoms with Crippen molar-refractivity contribution in [2.75, 3.05) is 19.7 Å². The number of carbonyl (C=O) groups is 2. The van der Waals surface area contributed by atoms with E-state index in [0.717, 1.165) is 22.9 Å². The molecule has 0 aromatic heterocycles. The summed E-state index contributed by atoms with van der Waals surface area (Å²) in [6.45, 7) is 4.92. The fraction of sp³-hybridized carbons (Fsp3) is 0.368. The molecule has 0 aliphatic carbocycles. The molecule has 134 valence electrons. The average Bonchev–Trinajstić information content (AvgIpc) is 2.63. The molecule has 25 heavy (non-hydrogen) atoms. The van der Waals surface area contributed by atoms with Crippen LogP contribution in [0.15, 0.2) is 42.5 Å². The van der Waals surface area contributed by atoms with Crippen LogP contribution in [0.2, 0.25) is 0 Å². The van der Waals surface area contributed by atoms with Gasteiger partial charge in [-0.3, -0.25) is 4.79 Å².